The summed E-state index contributed by atoms with van der Waals surface area (Å²) in [6.07, 6.45) is 8.81. The fourth-order valence-electron chi connectivity index (χ4n) is 5.74. The molecule has 10 heteroatoms. The number of fused-ring (bicyclic) bond motifs is 1. The summed E-state index contributed by atoms with van der Waals surface area (Å²) < 4.78 is 3.49. The molecule has 3 aromatic heterocycles. The fraction of sp³-hybridized carbons (Fsp3) is 0.367. The second-order valence-electron chi connectivity index (χ2n) is 10.7. The molecule has 40 heavy (non-hydrogen) atoms. The van der Waals surface area contributed by atoms with Crippen LogP contribution in [0.15, 0.2) is 59.7 Å². The predicted molar refractivity (Wildman–Crippen MR) is 153 cm³/mol. The second kappa shape index (κ2) is 10.9. The molecule has 6 rings (SSSR count). The van der Waals surface area contributed by atoms with E-state index in [1.165, 1.54) is 0 Å². The molecule has 4 aromatic rings. The molecule has 206 valence electrons. The molecule has 1 aromatic carbocycles. The number of hydrogen-bond acceptors (Lipinski definition) is 5. The van der Waals surface area contributed by atoms with Crippen molar-refractivity contribution in [3.05, 3.63) is 87.3 Å². The van der Waals surface area contributed by atoms with Crippen LogP contribution in [0.2, 0.25) is 5.02 Å². The minimum absolute atomic E-state index is 0.0813. The largest absolute Gasteiger partial charge is 0.354 e. The highest BCUT2D eigenvalue weighted by Crippen LogP contribution is 2.41. The Bertz CT molecular complexity index is 1630. The molecular formula is C30H31ClN6O3. The van der Waals surface area contributed by atoms with Crippen molar-refractivity contribution in [1.82, 2.24) is 29.7 Å². The minimum Gasteiger partial charge on any atom is -0.354 e. The average Bonchev–Trinajstić information content (AvgIpc) is 3.78. The van der Waals surface area contributed by atoms with Crippen molar-refractivity contribution >= 4 is 34.4 Å². The number of benzene rings is 1. The van der Waals surface area contributed by atoms with Crippen LogP contribution in [-0.4, -0.2) is 44.0 Å². The molecule has 0 saturated heterocycles. The molecular weight excluding hydrogens is 528 g/mol. The van der Waals surface area contributed by atoms with Gasteiger partial charge >= 0.3 is 5.69 Å². The Labute approximate surface area is 236 Å². The number of nitrogens with one attached hydrogen (secondary N) is 2. The number of halogens is 1. The van der Waals surface area contributed by atoms with Crippen LogP contribution < -0.4 is 16.3 Å². The van der Waals surface area contributed by atoms with Gasteiger partial charge in [-0.2, -0.15) is 0 Å². The lowest BCUT2D eigenvalue weighted by atomic mass is 9.85. The Morgan fingerprint density at radius 2 is 1.70 bits per heavy atom. The van der Waals surface area contributed by atoms with E-state index in [1.807, 2.05) is 28.8 Å². The summed E-state index contributed by atoms with van der Waals surface area (Å²) in [5, 5.41) is 6.24. The third-order valence-electron chi connectivity index (χ3n) is 8.02. The van der Waals surface area contributed by atoms with Gasteiger partial charge in [0.1, 0.15) is 5.69 Å². The lowest BCUT2D eigenvalue weighted by molar-refractivity contribution is 0.0917. The normalized spacial score (nSPS) is 18.9. The molecule has 0 atom stereocenters. The molecule has 2 aliphatic rings. The third kappa shape index (κ3) is 5.13. The van der Waals surface area contributed by atoms with E-state index in [-0.39, 0.29) is 23.5 Å². The first-order valence-corrected chi connectivity index (χ1v) is 14.2. The molecule has 0 unspecified atom stereocenters. The van der Waals surface area contributed by atoms with E-state index in [4.69, 9.17) is 11.6 Å². The van der Waals surface area contributed by atoms with Gasteiger partial charge in [-0.1, -0.05) is 23.7 Å². The monoisotopic (exact) mass is 558 g/mol. The van der Waals surface area contributed by atoms with E-state index in [0.29, 0.717) is 40.3 Å². The van der Waals surface area contributed by atoms with Gasteiger partial charge in [-0.15, -0.1) is 0 Å². The molecule has 9 nitrogen and oxygen atoms in total. The van der Waals surface area contributed by atoms with Crippen molar-refractivity contribution in [2.75, 3.05) is 7.05 Å². The zero-order valence-corrected chi connectivity index (χ0v) is 23.0. The molecule has 0 aliphatic heterocycles. The lowest BCUT2D eigenvalue weighted by Gasteiger charge is -2.29. The molecule has 0 bridgehead atoms. The van der Waals surface area contributed by atoms with E-state index in [2.05, 4.69) is 20.6 Å². The average molecular weight is 559 g/mol. The lowest BCUT2D eigenvalue weighted by Crippen LogP contribution is -2.39. The van der Waals surface area contributed by atoms with Crippen LogP contribution >= 0.6 is 11.6 Å². The van der Waals surface area contributed by atoms with Gasteiger partial charge in [0, 0.05) is 31.7 Å². The van der Waals surface area contributed by atoms with Crippen molar-refractivity contribution in [3.8, 4) is 5.69 Å². The summed E-state index contributed by atoms with van der Waals surface area (Å²) in [4.78, 5) is 47.4. The number of carbonyl (C=O) groups is 2. The topological polar surface area (TPSA) is 111 Å². The summed E-state index contributed by atoms with van der Waals surface area (Å²) in [5.41, 5.74) is 3.87. The van der Waals surface area contributed by atoms with Crippen molar-refractivity contribution in [1.29, 1.82) is 0 Å². The Balaban J connectivity index is 1.16. The molecule has 0 radical (unpaired) electrons. The number of amides is 2. The fourth-order valence-corrected chi connectivity index (χ4v) is 5.90. The van der Waals surface area contributed by atoms with E-state index < -0.39 is 0 Å². The van der Waals surface area contributed by atoms with Gasteiger partial charge in [-0.3, -0.25) is 23.7 Å². The maximum absolute atomic E-state index is 13.7. The summed E-state index contributed by atoms with van der Waals surface area (Å²) in [6.45, 7) is 0.598. The Kier molecular flexibility index (Phi) is 7.14. The number of aromatic nitrogens is 4. The van der Waals surface area contributed by atoms with Crippen LogP contribution in [0.1, 0.15) is 71.0 Å². The molecule has 2 amide bonds. The molecule has 0 spiro atoms. The van der Waals surface area contributed by atoms with E-state index in [0.717, 1.165) is 55.3 Å². The van der Waals surface area contributed by atoms with Crippen LogP contribution in [0.4, 0.5) is 0 Å². The Hall–Kier alpha value is -3.98. The highest BCUT2D eigenvalue weighted by molar-refractivity contribution is 6.30. The van der Waals surface area contributed by atoms with Crippen LogP contribution in [0.5, 0.6) is 0 Å². The number of hydrogen-bond donors (Lipinski definition) is 2. The highest BCUT2D eigenvalue weighted by Gasteiger charge is 2.31. The SMILES string of the molecule is CNC(=O)c1ccc(-n2c(=O)n(C[C@H]3CC[C@H](NC(=O)c4cc(Cl)cnc4C4CC4)CC3)c3ccccc32)cn1. The standard InChI is InChI=1S/C30H31ClN6O3/c1-32-29(39)24-13-12-22(16-33-24)37-26-5-3-2-4-25(26)36(30(37)40)17-18-6-10-21(11-7-18)35-28(38)23-14-20(31)15-34-27(23)19-8-9-19/h2-5,12-16,18-19,21H,6-11,17H2,1H3,(H,32,39)(H,35,38)/t18-,21-. The number of pyridine rings is 2. The number of carbonyl (C=O) groups excluding carboxylic acids is 2. The van der Waals surface area contributed by atoms with Gasteiger partial charge in [-0.05, 0) is 74.8 Å². The van der Waals surface area contributed by atoms with Gasteiger partial charge in [0.05, 0.1) is 39.2 Å². The predicted octanol–water partition coefficient (Wildman–Crippen LogP) is 4.46. The first-order chi connectivity index (χ1) is 19.4. The Morgan fingerprint density at radius 3 is 2.38 bits per heavy atom. The quantitative estimate of drug-likeness (QED) is 0.348. The summed E-state index contributed by atoms with van der Waals surface area (Å²) in [6, 6.07) is 12.9. The van der Waals surface area contributed by atoms with Crippen LogP contribution in [0.25, 0.3) is 16.7 Å². The Morgan fingerprint density at radius 1 is 0.950 bits per heavy atom. The first-order valence-electron chi connectivity index (χ1n) is 13.8. The number of imidazole rings is 1. The number of para-hydroxylation sites is 2. The van der Waals surface area contributed by atoms with Crippen LogP contribution in [0, 0.1) is 5.92 Å². The van der Waals surface area contributed by atoms with Gasteiger partial charge in [0.25, 0.3) is 11.8 Å². The van der Waals surface area contributed by atoms with Gasteiger partial charge in [0.2, 0.25) is 0 Å². The summed E-state index contributed by atoms with van der Waals surface area (Å²) in [5.74, 6) is 0.295. The van der Waals surface area contributed by atoms with E-state index in [9.17, 15) is 14.4 Å². The molecule has 2 N–H and O–H groups in total. The van der Waals surface area contributed by atoms with Crippen LogP contribution in [0.3, 0.4) is 0 Å². The molecule has 2 aliphatic carbocycles. The third-order valence-corrected chi connectivity index (χ3v) is 8.22. The maximum atomic E-state index is 13.7. The van der Waals surface area contributed by atoms with Crippen LogP contribution in [-0.2, 0) is 6.54 Å². The number of nitrogens with zero attached hydrogens (tertiary/aromatic N) is 4. The van der Waals surface area contributed by atoms with Crippen molar-refractivity contribution in [2.45, 2.75) is 57.0 Å². The van der Waals surface area contributed by atoms with Gasteiger partial charge < -0.3 is 10.6 Å². The van der Waals surface area contributed by atoms with Crippen molar-refractivity contribution in [2.24, 2.45) is 5.92 Å². The van der Waals surface area contributed by atoms with E-state index >= 15 is 0 Å². The first kappa shape index (κ1) is 26.3. The second-order valence-corrected chi connectivity index (χ2v) is 11.2. The van der Waals surface area contributed by atoms with Crippen molar-refractivity contribution in [3.63, 3.8) is 0 Å². The smallest absolute Gasteiger partial charge is 0.333 e. The van der Waals surface area contributed by atoms with Crippen molar-refractivity contribution < 1.29 is 9.59 Å². The molecule has 3 heterocycles. The molecule has 2 saturated carbocycles. The molecule has 2 fully saturated rings. The van der Waals surface area contributed by atoms with E-state index in [1.54, 1.807) is 42.2 Å². The summed E-state index contributed by atoms with van der Waals surface area (Å²) >= 11 is 6.15. The van der Waals surface area contributed by atoms with Gasteiger partial charge in [-0.25, -0.2) is 9.78 Å². The highest BCUT2D eigenvalue weighted by atomic mass is 35.5. The minimum atomic E-state index is -0.277. The zero-order chi connectivity index (χ0) is 27.8. The zero-order valence-electron chi connectivity index (χ0n) is 22.3. The van der Waals surface area contributed by atoms with Gasteiger partial charge in [0.15, 0.2) is 0 Å². The number of rotatable bonds is 7. The maximum Gasteiger partial charge on any atom is 0.333 e. The summed E-state index contributed by atoms with van der Waals surface area (Å²) in [7, 11) is 1.55.